The molecule has 3 nitrogen and oxygen atoms in total. The molecule has 0 atom stereocenters. The summed E-state index contributed by atoms with van der Waals surface area (Å²) in [4.78, 5) is 0. The van der Waals surface area contributed by atoms with Crippen LogP contribution in [0.1, 0.15) is 5.56 Å². The monoisotopic (exact) mass is 334 g/mol. The molecule has 0 amide bonds. The van der Waals surface area contributed by atoms with E-state index in [1.807, 2.05) is 78.9 Å². The molecule has 3 aromatic carbocycles. The zero-order chi connectivity index (χ0) is 16.8. The molecule has 0 fully saturated rings. The minimum absolute atomic E-state index is 0.551. The number of para-hydroxylation sites is 1. The highest BCUT2D eigenvalue weighted by Crippen LogP contribution is 2.22. The van der Waals surface area contributed by atoms with E-state index in [1.165, 1.54) is 5.56 Å². The van der Waals surface area contributed by atoms with E-state index < -0.39 is 0 Å². The smallest absolute Gasteiger partial charge is 0.175 e. The molecule has 0 aliphatic heterocycles. The lowest BCUT2D eigenvalue weighted by Crippen LogP contribution is -2.18. The number of aryl methyl sites for hydroxylation is 1. The summed E-state index contributed by atoms with van der Waals surface area (Å²) in [6.07, 6.45) is 0. The van der Waals surface area contributed by atoms with E-state index in [9.17, 15) is 0 Å². The second kappa shape index (κ2) is 7.62. The molecule has 0 aliphatic carbocycles. The Labute approximate surface area is 147 Å². The standard InChI is InChI=1S/C20H18N2OS/c1-15-7-9-16(10-8-15)21-20(24)22-17-11-13-19(14-12-17)23-18-5-3-2-4-6-18/h2-14H,1H3,(H2,21,22,24). The molecule has 2 N–H and O–H groups in total. The molecule has 0 aromatic heterocycles. The van der Waals surface area contributed by atoms with E-state index in [2.05, 4.69) is 17.6 Å². The number of hydrogen-bond acceptors (Lipinski definition) is 2. The molecule has 4 heteroatoms. The predicted molar refractivity (Wildman–Crippen MR) is 104 cm³/mol. The van der Waals surface area contributed by atoms with Gasteiger partial charge in [0.1, 0.15) is 11.5 Å². The molecule has 3 rings (SSSR count). The van der Waals surface area contributed by atoms with Gasteiger partial charge in [0.25, 0.3) is 0 Å². The lowest BCUT2D eigenvalue weighted by atomic mass is 10.2. The number of ether oxygens (including phenoxy) is 1. The zero-order valence-electron chi connectivity index (χ0n) is 13.3. The van der Waals surface area contributed by atoms with Gasteiger partial charge >= 0.3 is 0 Å². The van der Waals surface area contributed by atoms with Crippen molar-refractivity contribution in [1.82, 2.24) is 0 Å². The highest BCUT2D eigenvalue weighted by Gasteiger charge is 2.01. The predicted octanol–water partition coefficient (Wildman–Crippen LogP) is 5.60. The van der Waals surface area contributed by atoms with Gasteiger partial charge in [-0.25, -0.2) is 0 Å². The van der Waals surface area contributed by atoms with Gasteiger partial charge in [-0.2, -0.15) is 0 Å². The molecule has 24 heavy (non-hydrogen) atoms. The molecule has 0 bridgehead atoms. The zero-order valence-corrected chi connectivity index (χ0v) is 14.1. The van der Waals surface area contributed by atoms with Crippen molar-refractivity contribution in [2.75, 3.05) is 10.6 Å². The van der Waals surface area contributed by atoms with Crippen LogP contribution >= 0.6 is 12.2 Å². The summed E-state index contributed by atoms with van der Waals surface area (Å²) >= 11 is 5.34. The van der Waals surface area contributed by atoms with E-state index in [0.717, 1.165) is 22.9 Å². The van der Waals surface area contributed by atoms with E-state index in [4.69, 9.17) is 17.0 Å². The third-order valence-corrected chi connectivity index (χ3v) is 3.60. The molecule has 0 aliphatic rings. The van der Waals surface area contributed by atoms with Gasteiger partial charge in [0.15, 0.2) is 5.11 Å². The minimum Gasteiger partial charge on any atom is -0.457 e. The normalized spacial score (nSPS) is 10.0. The van der Waals surface area contributed by atoms with Crippen LogP contribution in [0.4, 0.5) is 11.4 Å². The second-order valence-corrected chi connectivity index (χ2v) is 5.79. The first kappa shape index (κ1) is 16.0. The van der Waals surface area contributed by atoms with Crippen LogP contribution in [-0.4, -0.2) is 5.11 Å². The highest BCUT2D eigenvalue weighted by atomic mass is 32.1. The summed E-state index contributed by atoms with van der Waals surface area (Å²) in [6.45, 7) is 2.05. The Balaban J connectivity index is 1.57. The summed E-state index contributed by atoms with van der Waals surface area (Å²) in [6, 6.07) is 25.5. The van der Waals surface area contributed by atoms with Crippen molar-refractivity contribution < 1.29 is 4.74 Å². The van der Waals surface area contributed by atoms with Crippen molar-refractivity contribution in [3.05, 3.63) is 84.4 Å². The molecule has 0 saturated heterocycles. The van der Waals surface area contributed by atoms with E-state index in [-0.39, 0.29) is 0 Å². The van der Waals surface area contributed by atoms with Crippen LogP contribution in [0.15, 0.2) is 78.9 Å². The van der Waals surface area contributed by atoms with Gasteiger partial charge in [-0.1, -0.05) is 35.9 Å². The average molecular weight is 334 g/mol. The van der Waals surface area contributed by atoms with E-state index in [1.54, 1.807) is 0 Å². The topological polar surface area (TPSA) is 33.3 Å². The van der Waals surface area contributed by atoms with Crippen molar-refractivity contribution in [3.8, 4) is 11.5 Å². The Morgan fingerprint density at radius 3 is 1.79 bits per heavy atom. The summed E-state index contributed by atoms with van der Waals surface area (Å²) < 4.78 is 5.77. The lowest BCUT2D eigenvalue weighted by molar-refractivity contribution is 0.483. The van der Waals surface area contributed by atoms with Crippen LogP contribution in [0.5, 0.6) is 11.5 Å². The van der Waals surface area contributed by atoms with Crippen molar-refractivity contribution in [2.24, 2.45) is 0 Å². The fourth-order valence-electron chi connectivity index (χ4n) is 2.16. The molecule has 0 saturated carbocycles. The van der Waals surface area contributed by atoms with E-state index in [0.29, 0.717) is 5.11 Å². The average Bonchev–Trinajstić information content (AvgIpc) is 2.60. The third kappa shape index (κ3) is 4.57. The number of benzene rings is 3. The van der Waals surface area contributed by atoms with Gasteiger partial charge in [0, 0.05) is 11.4 Å². The van der Waals surface area contributed by atoms with Gasteiger partial charge in [-0.3, -0.25) is 0 Å². The molecule has 3 aromatic rings. The first-order chi connectivity index (χ1) is 11.7. The first-order valence-corrected chi connectivity index (χ1v) is 8.07. The summed E-state index contributed by atoms with van der Waals surface area (Å²) in [5.74, 6) is 1.60. The maximum absolute atomic E-state index is 5.77. The SMILES string of the molecule is Cc1ccc(NC(=S)Nc2ccc(Oc3ccccc3)cc2)cc1. The fraction of sp³-hybridized carbons (Fsp3) is 0.0500. The maximum atomic E-state index is 5.77. The molecule has 120 valence electrons. The summed E-state index contributed by atoms with van der Waals surface area (Å²) in [5, 5.41) is 6.87. The number of hydrogen-bond donors (Lipinski definition) is 2. The van der Waals surface area contributed by atoms with Crippen LogP contribution in [-0.2, 0) is 0 Å². The molecule has 0 unspecified atom stereocenters. The fourth-order valence-corrected chi connectivity index (χ4v) is 2.40. The number of rotatable bonds is 4. The quantitative estimate of drug-likeness (QED) is 0.609. The minimum atomic E-state index is 0.551. The largest absolute Gasteiger partial charge is 0.457 e. The summed E-state index contributed by atoms with van der Waals surface area (Å²) in [5.41, 5.74) is 3.08. The molecular formula is C20H18N2OS. The molecule has 0 spiro atoms. The van der Waals surface area contributed by atoms with Gasteiger partial charge in [-0.15, -0.1) is 0 Å². The lowest BCUT2D eigenvalue weighted by Gasteiger charge is -2.11. The van der Waals surface area contributed by atoms with Crippen LogP contribution in [0, 0.1) is 6.92 Å². The van der Waals surface area contributed by atoms with Crippen molar-refractivity contribution >= 4 is 28.7 Å². The third-order valence-electron chi connectivity index (χ3n) is 3.40. The van der Waals surface area contributed by atoms with Crippen LogP contribution in [0.25, 0.3) is 0 Å². The van der Waals surface area contributed by atoms with Gasteiger partial charge in [-0.05, 0) is 67.7 Å². The van der Waals surface area contributed by atoms with Crippen LogP contribution in [0.2, 0.25) is 0 Å². The van der Waals surface area contributed by atoms with Gasteiger partial charge in [0.05, 0.1) is 0 Å². The summed E-state index contributed by atoms with van der Waals surface area (Å²) in [7, 11) is 0. The first-order valence-electron chi connectivity index (χ1n) is 7.67. The molecule has 0 heterocycles. The maximum Gasteiger partial charge on any atom is 0.175 e. The van der Waals surface area contributed by atoms with Crippen molar-refractivity contribution in [3.63, 3.8) is 0 Å². The van der Waals surface area contributed by atoms with Gasteiger partial charge in [0.2, 0.25) is 0 Å². The Morgan fingerprint density at radius 1 is 0.708 bits per heavy atom. The van der Waals surface area contributed by atoms with Crippen LogP contribution in [0.3, 0.4) is 0 Å². The van der Waals surface area contributed by atoms with Crippen LogP contribution < -0.4 is 15.4 Å². The Hall–Kier alpha value is -2.85. The second-order valence-electron chi connectivity index (χ2n) is 5.38. The number of anilines is 2. The molecular weight excluding hydrogens is 316 g/mol. The van der Waals surface area contributed by atoms with Crippen molar-refractivity contribution in [1.29, 1.82) is 0 Å². The van der Waals surface area contributed by atoms with E-state index >= 15 is 0 Å². The Bertz CT molecular complexity index is 799. The number of nitrogens with one attached hydrogen (secondary N) is 2. The highest BCUT2D eigenvalue weighted by molar-refractivity contribution is 7.80. The molecule has 0 radical (unpaired) electrons. The number of thiocarbonyl (C=S) groups is 1. The Kier molecular flexibility index (Phi) is 5.08. The van der Waals surface area contributed by atoms with Crippen molar-refractivity contribution in [2.45, 2.75) is 6.92 Å². The van der Waals surface area contributed by atoms with Gasteiger partial charge < -0.3 is 15.4 Å². The Morgan fingerprint density at radius 2 is 1.21 bits per heavy atom.